The number of rotatable bonds is 3. The fourth-order valence-electron chi connectivity index (χ4n) is 2.09. The Kier molecular flexibility index (Phi) is 3.44. The third-order valence-electron chi connectivity index (χ3n) is 3.15. The summed E-state index contributed by atoms with van der Waals surface area (Å²) in [6.45, 7) is 0. The zero-order valence-electron chi connectivity index (χ0n) is 10.4. The number of likely N-dealkylation sites (N-methyl/N-ethyl adjacent to an activating group) is 1. The highest BCUT2D eigenvalue weighted by Gasteiger charge is 2.41. The van der Waals surface area contributed by atoms with E-state index in [-0.39, 0.29) is 5.91 Å². The Labute approximate surface area is 107 Å². The number of carbonyl (C=O) groups is 1. The van der Waals surface area contributed by atoms with Gasteiger partial charge in [-0.2, -0.15) is 0 Å². The number of benzene rings is 2. The van der Waals surface area contributed by atoms with E-state index < -0.39 is 5.54 Å². The molecule has 18 heavy (non-hydrogen) atoms. The maximum atomic E-state index is 12.3. The van der Waals surface area contributed by atoms with E-state index in [1.54, 1.807) is 7.05 Å². The summed E-state index contributed by atoms with van der Waals surface area (Å²) in [5, 5.41) is 2.70. The molecule has 2 aromatic rings. The lowest BCUT2D eigenvalue weighted by Crippen LogP contribution is -2.76. The maximum absolute atomic E-state index is 12.3. The molecule has 0 radical (unpaired) electrons. The highest BCUT2D eigenvalue weighted by atomic mass is 16.2. The van der Waals surface area contributed by atoms with Crippen LogP contribution in [0, 0.1) is 0 Å². The first kappa shape index (κ1) is 12.3. The van der Waals surface area contributed by atoms with E-state index >= 15 is 0 Å². The molecule has 3 heteroatoms. The molecule has 0 aliphatic carbocycles. The first-order valence-corrected chi connectivity index (χ1v) is 5.88. The van der Waals surface area contributed by atoms with Crippen molar-refractivity contribution in [2.24, 2.45) is 0 Å². The van der Waals surface area contributed by atoms with Crippen LogP contribution >= 0.6 is 0 Å². The number of hydrogen-bond donors (Lipinski definition) is 2. The van der Waals surface area contributed by atoms with Gasteiger partial charge in [-0.15, -0.1) is 0 Å². The van der Waals surface area contributed by atoms with Crippen molar-refractivity contribution in [2.75, 3.05) is 7.05 Å². The van der Waals surface area contributed by atoms with Gasteiger partial charge in [0.05, 0.1) is 0 Å². The topological polar surface area (TPSA) is 56.7 Å². The Bertz CT molecular complexity index is 483. The molecule has 0 atom stereocenters. The number of quaternary nitrogens is 1. The molecule has 0 heterocycles. The summed E-state index contributed by atoms with van der Waals surface area (Å²) in [5.74, 6) is -0.111. The van der Waals surface area contributed by atoms with Crippen LogP contribution in [0.5, 0.6) is 0 Å². The Morgan fingerprint density at radius 1 is 0.944 bits per heavy atom. The highest BCUT2D eigenvalue weighted by Crippen LogP contribution is 2.24. The van der Waals surface area contributed by atoms with Gasteiger partial charge in [0.1, 0.15) is 0 Å². The van der Waals surface area contributed by atoms with E-state index in [9.17, 15) is 4.79 Å². The number of amides is 1. The molecule has 0 unspecified atom stereocenters. The SMILES string of the molecule is CNC(=O)C([NH3+])(c1ccccc1)c1ccccc1. The van der Waals surface area contributed by atoms with Gasteiger partial charge in [0.25, 0.3) is 5.91 Å². The molecule has 1 amide bonds. The van der Waals surface area contributed by atoms with Crippen LogP contribution in [0.4, 0.5) is 0 Å². The van der Waals surface area contributed by atoms with Crippen molar-refractivity contribution >= 4 is 5.91 Å². The van der Waals surface area contributed by atoms with Crippen molar-refractivity contribution in [3.05, 3.63) is 71.8 Å². The summed E-state index contributed by atoms with van der Waals surface area (Å²) in [5.41, 5.74) is 5.03. The lowest BCUT2D eigenvalue weighted by atomic mass is 9.83. The highest BCUT2D eigenvalue weighted by molar-refractivity contribution is 5.89. The van der Waals surface area contributed by atoms with Crippen LogP contribution in [0.1, 0.15) is 11.1 Å². The second-order valence-corrected chi connectivity index (χ2v) is 4.22. The lowest BCUT2D eigenvalue weighted by Gasteiger charge is -2.24. The molecule has 0 aliphatic heterocycles. The summed E-state index contributed by atoms with van der Waals surface area (Å²) in [7, 11) is 1.63. The van der Waals surface area contributed by atoms with Crippen molar-refractivity contribution in [2.45, 2.75) is 5.54 Å². The largest absolute Gasteiger partial charge is 0.353 e. The minimum Gasteiger partial charge on any atom is -0.353 e. The predicted octanol–water partition coefficient (Wildman–Crippen LogP) is 0.918. The second-order valence-electron chi connectivity index (χ2n) is 4.22. The lowest BCUT2D eigenvalue weighted by molar-refractivity contribution is -0.451. The van der Waals surface area contributed by atoms with E-state index in [1.807, 2.05) is 60.7 Å². The molecular formula is C15H17N2O+. The molecule has 0 saturated carbocycles. The van der Waals surface area contributed by atoms with Gasteiger partial charge in [-0.05, 0) is 0 Å². The maximum Gasteiger partial charge on any atom is 0.290 e. The third-order valence-corrected chi connectivity index (χ3v) is 3.15. The summed E-state index contributed by atoms with van der Waals surface area (Å²) in [6.07, 6.45) is 0. The standard InChI is InChI=1S/C15H16N2O/c1-17-14(18)15(16,12-8-4-2-5-9-12)13-10-6-3-7-11-13/h2-11H,16H2,1H3,(H,17,18)/p+1. The molecule has 0 aliphatic rings. The number of carbonyl (C=O) groups excluding carboxylic acids is 1. The molecule has 0 aromatic heterocycles. The van der Waals surface area contributed by atoms with Gasteiger partial charge in [0.2, 0.25) is 5.54 Å². The van der Waals surface area contributed by atoms with Gasteiger partial charge in [-0.1, -0.05) is 60.7 Å². The fourth-order valence-corrected chi connectivity index (χ4v) is 2.09. The van der Waals surface area contributed by atoms with Crippen molar-refractivity contribution in [3.8, 4) is 0 Å². The number of hydrogen-bond acceptors (Lipinski definition) is 1. The monoisotopic (exact) mass is 241 g/mol. The Balaban J connectivity index is 2.59. The molecule has 2 rings (SSSR count). The van der Waals surface area contributed by atoms with Crippen molar-refractivity contribution < 1.29 is 10.5 Å². The van der Waals surface area contributed by atoms with Crippen LogP contribution in [-0.4, -0.2) is 13.0 Å². The molecule has 0 bridgehead atoms. The normalized spacial score (nSPS) is 11.0. The molecule has 0 saturated heterocycles. The Morgan fingerprint density at radius 3 is 1.67 bits per heavy atom. The summed E-state index contributed by atoms with van der Waals surface area (Å²) in [6, 6.07) is 19.2. The second kappa shape index (κ2) is 5.02. The van der Waals surface area contributed by atoms with Gasteiger partial charge in [0.15, 0.2) is 0 Å². The number of nitrogens with one attached hydrogen (secondary N) is 1. The van der Waals surface area contributed by atoms with E-state index in [0.29, 0.717) is 0 Å². The van der Waals surface area contributed by atoms with Gasteiger partial charge in [-0.3, -0.25) is 4.79 Å². The van der Waals surface area contributed by atoms with Crippen molar-refractivity contribution in [1.29, 1.82) is 0 Å². The predicted molar refractivity (Wildman–Crippen MR) is 70.6 cm³/mol. The van der Waals surface area contributed by atoms with Crippen molar-refractivity contribution in [3.63, 3.8) is 0 Å². The van der Waals surface area contributed by atoms with E-state index in [0.717, 1.165) is 11.1 Å². The average Bonchev–Trinajstić information content (AvgIpc) is 2.47. The molecule has 4 N–H and O–H groups in total. The minimum absolute atomic E-state index is 0.111. The molecule has 3 nitrogen and oxygen atoms in total. The minimum atomic E-state index is -0.905. The fraction of sp³-hybridized carbons (Fsp3) is 0.133. The molecule has 0 fully saturated rings. The van der Waals surface area contributed by atoms with Gasteiger partial charge >= 0.3 is 0 Å². The van der Waals surface area contributed by atoms with E-state index in [1.165, 1.54) is 0 Å². The third kappa shape index (κ3) is 2.00. The summed E-state index contributed by atoms with van der Waals surface area (Å²) < 4.78 is 0. The molecule has 92 valence electrons. The zero-order valence-corrected chi connectivity index (χ0v) is 10.4. The van der Waals surface area contributed by atoms with Crippen LogP contribution < -0.4 is 11.1 Å². The van der Waals surface area contributed by atoms with Crippen LogP contribution in [0.15, 0.2) is 60.7 Å². The van der Waals surface area contributed by atoms with Gasteiger partial charge in [0, 0.05) is 18.2 Å². The van der Waals surface area contributed by atoms with Crippen molar-refractivity contribution in [1.82, 2.24) is 5.32 Å². The van der Waals surface area contributed by atoms with E-state index in [4.69, 9.17) is 0 Å². The summed E-state index contributed by atoms with van der Waals surface area (Å²) in [4.78, 5) is 12.3. The van der Waals surface area contributed by atoms with Crippen LogP contribution in [-0.2, 0) is 10.3 Å². The van der Waals surface area contributed by atoms with Gasteiger partial charge in [-0.25, -0.2) is 0 Å². The average molecular weight is 241 g/mol. The first-order chi connectivity index (χ1) is 8.69. The smallest absolute Gasteiger partial charge is 0.290 e. The van der Waals surface area contributed by atoms with Crippen LogP contribution in [0.3, 0.4) is 0 Å². The van der Waals surface area contributed by atoms with Crippen LogP contribution in [0.25, 0.3) is 0 Å². The zero-order chi connectivity index (χ0) is 13.0. The molecule has 2 aromatic carbocycles. The molecule has 0 spiro atoms. The first-order valence-electron chi connectivity index (χ1n) is 5.88. The Hall–Kier alpha value is -2.13. The summed E-state index contributed by atoms with van der Waals surface area (Å²) >= 11 is 0. The molecular weight excluding hydrogens is 224 g/mol. The van der Waals surface area contributed by atoms with Gasteiger partial charge < -0.3 is 11.1 Å². The Morgan fingerprint density at radius 2 is 1.33 bits per heavy atom. The quantitative estimate of drug-likeness (QED) is 0.825. The van der Waals surface area contributed by atoms with Crippen LogP contribution in [0.2, 0.25) is 0 Å². The van der Waals surface area contributed by atoms with E-state index in [2.05, 4.69) is 11.1 Å².